The fourth-order valence-electron chi connectivity index (χ4n) is 2.30. The number of nitrogens with one attached hydrogen (secondary N) is 1. The average molecular weight is 281 g/mol. The summed E-state index contributed by atoms with van der Waals surface area (Å²) < 4.78 is 10.7. The molecule has 0 aromatic carbocycles. The fraction of sp³-hybridized carbons (Fsp3) is 0.692. The van der Waals surface area contributed by atoms with Crippen LogP contribution >= 0.6 is 0 Å². The number of rotatable bonds is 6. The first-order valence-corrected chi connectivity index (χ1v) is 6.96. The van der Waals surface area contributed by atoms with Crippen molar-refractivity contribution >= 4 is 11.6 Å². The molecule has 0 unspecified atom stereocenters. The van der Waals surface area contributed by atoms with Crippen LogP contribution < -0.4 is 16.2 Å². The number of anilines is 2. The Morgan fingerprint density at radius 3 is 2.75 bits per heavy atom. The molecule has 7 heteroatoms. The monoisotopic (exact) mass is 281 g/mol. The second-order valence-electron chi connectivity index (χ2n) is 4.73. The molecule has 2 heterocycles. The second kappa shape index (κ2) is 7.37. The Kier molecular flexibility index (Phi) is 5.51. The molecule has 1 fully saturated rings. The molecule has 0 saturated carbocycles. The summed E-state index contributed by atoms with van der Waals surface area (Å²) in [6.07, 6.45) is 2.36. The van der Waals surface area contributed by atoms with E-state index >= 15 is 0 Å². The van der Waals surface area contributed by atoms with Crippen molar-refractivity contribution in [1.29, 1.82) is 0 Å². The number of nitrogen functional groups attached to an aromatic ring is 1. The Hall–Kier alpha value is -1.44. The van der Waals surface area contributed by atoms with Crippen LogP contribution in [-0.2, 0) is 16.1 Å². The summed E-state index contributed by atoms with van der Waals surface area (Å²) in [5.74, 6) is 7.61. The summed E-state index contributed by atoms with van der Waals surface area (Å²) in [4.78, 5) is 11.1. The zero-order chi connectivity index (χ0) is 14.4. The molecule has 112 valence electrons. The van der Waals surface area contributed by atoms with E-state index in [4.69, 9.17) is 15.3 Å². The molecule has 2 rings (SSSR count). The van der Waals surface area contributed by atoms with Gasteiger partial charge in [-0.05, 0) is 19.8 Å². The van der Waals surface area contributed by atoms with E-state index in [1.54, 1.807) is 7.11 Å². The van der Waals surface area contributed by atoms with Crippen molar-refractivity contribution in [3.8, 4) is 0 Å². The lowest BCUT2D eigenvalue weighted by molar-refractivity contribution is 0.0817. The van der Waals surface area contributed by atoms with E-state index in [0.29, 0.717) is 31.0 Å². The number of hydrogen-bond donors (Lipinski definition) is 2. The molecular formula is C13H23N5O2. The van der Waals surface area contributed by atoms with Crippen LogP contribution in [0.4, 0.5) is 11.6 Å². The quantitative estimate of drug-likeness (QED) is 0.592. The van der Waals surface area contributed by atoms with Gasteiger partial charge in [0.1, 0.15) is 18.2 Å². The number of nitrogens with zero attached hydrogens (tertiary/aromatic N) is 3. The van der Waals surface area contributed by atoms with E-state index in [1.807, 2.05) is 13.0 Å². The van der Waals surface area contributed by atoms with Crippen LogP contribution in [0.3, 0.4) is 0 Å². The van der Waals surface area contributed by atoms with E-state index in [1.165, 1.54) is 0 Å². The first-order valence-electron chi connectivity index (χ1n) is 6.96. The van der Waals surface area contributed by atoms with E-state index in [9.17, 15) is 0 Å². The smallest absolute Gasteiger partial charge is 0.158 e. The maximum Gasteiger partial charge on any atom is 0.158 e. The van der Waals surface area contributed by atoms with Crippen LogP contribution in [0.2, 0.25) is 0 Å². The predicted molar refractivity (Wildman–Crippen MR) is 77.4 cm³/mol. The zero-order valence-electron chi connectivity index (χ0n) is 12.1. The number of methoxy groups -OCH3 is 1. The molecule has 1 aromatic rings. The third-order valence-electron chi connectivity index (χ3n) is 3.44. The Balaban J connectivity index is 2.10. The van der Waals surface area contributed by atoms with Crippen molar-refractivity contribution in [3.05, 3.63) is 11.9 Å². The van der Waals surface area contributed by atoms with Gasteiger partial charge >= 0.3 is 0 Å². The van der Waals surface area contributed by atoms with Gasteiger partial charge in [-0.25, -0.2) is 15.8 Å². The minimum Gasteiger partial charge on any atom is -0.381 e. The van der Waals surface area contributed by atoms with Gasteiger partial charge in [0.15, 0.2) is 5.82 Å². The molecule has 1 aliphatic rings. The Morgan fingerprint density at radius 1 is 1.40 bits per heavy atom. The molecule has 1 aromatic heterocycles. The summed E-state index contributed by atoms with van der Waals surface area (Å²) in [5.41, 5.74) is 2.59. The van der Waals surface area contributed by atoms with Crippen LogP contribution in [0.5, 0.6) is 0 Å². The lowest BCUT2D eigenvalue weighted by atomic mass is 10.1. The molecule has 0 amide bonds. The number of piperidine rings is 1. The summed E-state index contributed by atoms with van der Waals surface area (Å²) in [6, 6.07) is 1.86. The van der Waals surface area contributed by atoms with E-state index < -0.39 is 0 Å². The SMILES string of the molecule is CCOCc1nc(NN)cc(N2CCC(OC)CC2)n1. The third-order valence-corrected chi connectivity index (χ3v) is 3.44. The molecule has 0 aliphatic carbocycles. The van der Waals surface area contributed by atoms with E-state index in [2.05, 4.69) is 20.3 Å². The lowest BCUT2D eigenvalue weighted by Gasteiger charge is -2.32. The van der Waals surface area contributed by atoms with E-state index in [-0.39, 0.29) is 0 Å². The summed E-state index contributed by atoms with van der Waals surface area (Å²) >= 11 is 0. The first-order chi connectivity index (χ1) is 9.76. The van der Waals surface area contributed by atoms with Crippen molar-refractivity contribution < 1.29 is 9.47 Å². The van der Waals surface area contributed by atoms with Crippen molar-refractivity contribution in [2.24, 2.45) is 5.84 Å². The summed E-state index contributed by atoms with van der Waals surface area (Å²) in [5, 5.41) is 0. The van der Waals surface area contributed by atoms with Gasteiger partial charge in [-0.2, -0.15) is 0 Å². The Morgan fingerprint density at radius 2 is 2.15 bits per heavy atom. The summed E-state index contributed by atoms with van der Waals surface area (Å²) in [7, 11) is 1.77. The molecule has 1 aliphatic heterocycles. The largest absolute Gasteiger partial charge is 0.381 e. The number of hydrazine groups is 1. The zero-order valence-corrected chi connectivity index (χ0v) is 12.1. The highest BCUT2D eigenvalue weighted by Gasteiger charge is 2.20. The molecule has 1 saturated heterocycles. The highest BCUT2D eigenvalue weighted by Crippen LogP contribution is 2.21. The van der Waals surface area contributed by atoms with Crippen molar-refractivity contribution in [2.45, 2.75) is 32.5 Å². The standard InChI is InChI=1S/C13H23N5O2/c1-3-20-9-12-15-11(17-14)8-13(16-12)18-6-4-10(19-2)5-7-18/h8,10H,3-7,9,14H2,1-2H3,(H,15,16,17). The van der Waals surface area contributed by atoms with Crippen LogP contribution in [0.1, 0.15) is 25.6 Å². The van der Waals surface area contributed by atoms with Gasteiger partial charge in [0.05, 0.1) is 6.10 Å². The molecular weight excluding hydrogens is 258 g/mol. The number of ether oxygens (including phenoxy) is 2. The van der Waals surface area contributed by atoms with Gasteiger partial charge in [0, 0.05) is 32.9 Å². The highest BCUT2D eigenvalue weighted by atomic mass is 16.5. The van der Waals surface area contributed by atoms with Crippen LogP contribution in [0.15, 0.2) is 6.07 Å². The number of nitrogens with two attached hydrogens (primary N) is 1. The molecule has 7 nitrogen and oxygen atoms in total. The van der Waals surface area contributed by atoms with Crippen molar-refractivity contribution in [1.82, 2.24) is 9.97 Å². The van der Waals surface area contributed by atoms with Gasteiger partial charge in [0.25, 0.3) is 0 Å². The minimum absolute atomic E-state index is 0.350. The van der Waals surface area contributed by atoms with Gasteiger partial charge in [0.2, 0.25) is 0 Å². The van der Waals surface area contributed by atoms with Crippen LogP contribution in [0, 0.1) is 0 Å². The lowest BCUT2D eigenvalue weighted by Crippen LogP contribution is -2.37. The molecule has 0 radical (unpaired) electrons. The maximum absolute atomic E-state index is 5.47. The average Bonchev–Trinajstić information content (AvgIpc) is 2.52. The fourth-order valence-corrected chi connectivity index (χ4v) is 2.30. The Bertz CT molecular complexity index is 421. The molecule has 3 N–H and O–H groups in total. The Labute approximate surface area is 119 Å². The molecule has 20 heavy (non-hydrogen) atoms. The summed E-state index contributed by atoms with van der Waals surface area (Å²) in [6.45, 7) is 4.83. The minimum atomic E-state index is 0.350. The number of hydrogen-bond acceptors (Lipinski definition) is 7. The van der Waals surface area contributed by atoms with Gasteiger partial charge in [-0.1, -0.05) is 0 Å². The predicted octanol–water partition coefficient (Wildman–Crippen LogP) is 0.914. The second-order valence-corrected chi connectivity index (χ2v) is 4.73. The van der Waals surface area contributed by atoms with Gasteiger partial charge in [-0.15, -0.1) is 0 Å². The molecule has 0 bridgehead atoms. The normalized spacial score (nSPS) is 16.4. The van der Waals surface area contributed by atoms with Crippen molar-refractivity contribution in [3.63, 3.8) is 0 Å². The van der Waals surface area contributed by atoms with Gasteiger partial charge < -0.3 is 19.8 Å². The van der Waals surface area contributed by atoms with Crippen LogP contribution in [-0.4, -0.2) is 42.9 Å². The van der Waals surface area contributed by atoms with E-state index in [0.717, 1.165) is 31.7 Å². The maximum atomic E-state index is 5.47. The highest BCUT2D eigenvalue weighted by molar-refractivity contribution is 5.49. The molecule has 0 spiro atoms. The first kappa shape index (κ1) is 15.0. The topological polar surface area (TPSA) is 85.5 Å². The van der Waals surface area contributed by atoms with Crippen molar-refractivity contribution in [2.75, 3.05) is 37.1 Å². The molecule has 0 atom stereocenters. The van der Waals surface area contributed by atoms with Crippen LogP contribution in [0.25, 0.3) is 0 Å². The van der Waals surface area contributed by atoms with Gasteiger partial charge in [-0.3, -0.25) is 0 Å². The number of aromatic nitrogens is 2. The third kappa shape index (κ3) is 3.78.